The summed E-state index contributed by atoms with van der Waals surface area (Å²) >= 11 is 0. The molecule has 3 heterocycles. The Hall–Kier alpha value is -3.59. The molecule has 4 heteroatoms. The van der Waals surface area contributed by atoms with Crippen molar-refractivity contribution in [2.75, 3.05) is 0 Å². The topological polar surface area (TPSA) is 38.9 Å². The van der Waals surface area contributed by atoms with Gasteiger partial charge in [0.1, 0.15) is 5.58 Å². The van der Waals surface area contributed by atoms with E-state index in [0.29, 0.717) is 57.3 Å². The molecule has 3 aromatic carbocycles. The first-order chi connectivity index (χ1) is 26.7. The molecular formula is C44H46IrN2O-2. The van der Waals surface area contributed by atoms with Crippen LogP contribution in [0.25, 0.3) is 44.5 Å². The van der Waals surface area contributed by atoms with E-state index in [-0.39, 0.29) is 36.8 Å². The van der Waals surface area contributed by atoms with Gasteiger partial charge >= 0.3 is 0 Å². The number of hydrogen-bond donors (Lipinski definition) is 0. The molecular weight excluding hydrogens is 765 g/mol. The largest absolute Gasteiger partial charge is 0.501 e. The van der Waals surface area contributed by atoms with Crippen molar-refractivity contribution < 1.29 is 38.2 Å². The average molecular weight is 821 g/mol. The van der Waals surface area contributed by atoms with Gasteiger partial charge in [-0.2, -0.15) is 0 Å². The van der Waals surface area contributed by atoms with Crippen molar-refractivity contribution in [3.63, 3.8) is 0 Å². The molecule has 0 saturated heterocycles. The molecule has 2 aliphatic carbocycles. The minimum Gasteiger partial charge on any atom is -0.501 e. The van der Waals surface area contributed by atoms with Crippen molar-refractivity contribution in [2.24, 2.45) is 10.8 Å². The molecule has 0 amide bonds. The van der Waals surface area contributed by atoms with Gasteiger partial charge in [-0.05, 0) is 116 Å². The van der Waals surface area contributed by atoms with Gasteiger partial charge in [0, 0.05) is 51.6 Å². The number of furan rings is 1. The monoisotopic (exact) mass is 821 g/mol. The number of rotatable bonds is 3. The van der Waals surface area contributed by atoms with Gasteiger partial charge in [0.05, 0.1) is 5.58 Å². The minimum atomic E-state index is -2.33. The molecule has 0 bridgehead atoms. The van der Waals surface area contributed by atoms with Crippen LogP contribution in [0.3, 0.4) is 0 Å². The van der Waals surface area contributed by atoms with E-state index < -0.39 is 26.4 Å². The van der Waals surface area contributed by atoms with Crippen molar-refractivity contribution >= 4 is 21.9 Å². The predicted molar refractivity (Wildman–Crippen MR) is 194 cm³/mol. The Morgan fingerprint density at radius 2 is 1.56 bits per heavy atom. The second-order valence-corrected chi connectivity index (χ2v) is 14.0. The first-order valence-corrected chi connectivity index (χ1v) is 16.5. The van der Waals surface area contributed by atoms with Gasteiger partial charge < -0.3 is 14.4 Å². The molecule has 8 rings (SSSR count). The number of pyridine rings is 2. The van der Waals surface area contributed by atoms with Gasteiger partial charge in [-0.1, -0.05) is 68.0 Å². The van der Waals surface area contributed by atoms with Gasteiger partial charge in [0.25, 0.3) is 0 Å². The van der Waals surface area contributed by atoms with Crippen molar-refractivity contribution in [1.29, 1.82) is 0 Å². The average Bonchev–Trinajstić information content (AvgIpc) is 3.56. The fourth-order valence-corrected chi connectivity index (χ4v) is 7.21. The summed E-state index contributed by atoms with van der Waals surface area (Å²) in [6, 6.07) is 27.3. The van der Waals surface area contributed by atoms with E-state index in [1.165, 1.54) is 56.3 Å². The Bertz CT molecular complexity index is 2300. The third-order valence-electron chi connectivity index (χ3n) is 10.3. The van der Waals surface area contributed by atoms with E-state index >= 15 is 0 Å². The van der Waals surface area contributed by atoms with Crippen molar-refractivity contribution in [3.05, 3.63) is 120 Å². The Kier molecular flexibility index (Phi) is 6.97. The normalized spacial score (nSPS) is 21.6. The van der Waals surface area contributed by atoms with Gasteiger partial charge in [-0.25, -0.2) is 0 Å². The summed E-state index contributed by atoms with van der Waals surface area (Å²) in [4.78, 5) is 8.66. The van der Waals surface area contributed by atoms with E-state index in [1.54, 1.807) is 12.1 Å². The quantitative estimate of drug-likeness (QED) is 0.167. The Labute approximate surface area is 314 Å². The number of nitrogens with zero attached hydrogens (tertiary/aromatic N) is 2. The number of aromatic nitrogens is 2. The van der Waals surface area contributed by atoms with Crippen LogP contribution in [-0.2, 0) is 20.1 Å². The number of para-hydroxylation sites is 1. The zero-order valence-electron chi connectivity index (χ0n) is 37.4. The zero-order chi connectivity index (χ0) is 41.0. The minimum absolute atomic E-state index is 0. The molecule has 0 unspecified atom stereocenters. The third-order valence-corrected chi connectivity index (χ3v) is 10.3. The van der Waals surface area contributed by atoms with Crippen molar-refractivity contribution in [2.45, 2.75) is 91.7 Å². The first kappa shape index (κ1) is 23.7. The smallest absolute Gasteiger partial charge is 0.120 e. The molecule has 2 saturated carbocycles. The molecule has 1 spiro atoms. The van der Waals surface area contributed by atoms with Crippen LogP contribution in [0.1, 0.15) is 107 Å². The van der Waals surface area contributed by atoms with Crippen LogP contribution in [0.4, 0.5) is 0 Å². The van der Waals surface area contributed by atoms with Gasteiger partial charge in [-0.15, -0.1) is 53.6 Å². The SMILES string of the molecule is [2H]C([2H])([2H])c1c[c-]c(-c2ccc(C([2H])([2H])[2H])cn2)cc1.[2H]C([2H])([2H])c1cnc(-c2[c-]ccc3c2oc2ccccc23)cc1C1([2H])CCC2(CCC(C)(C)CC2)CC1.[Ir]. The molecule has 48 heavy (non-hydrogen) atoms. The van der Waals surface area contributed by atoms with Crippen molar-refractivity contribution in [1.82, 2.24) is 9.97 Å². The Morgan fingerprint density at radius 3 is 2.27 bits per heavy atom. The molecule has 1 radical (unpaired) electrons. The maximum atomic E-state index is 9.56. The number of hydrogen-bond acceptors (Lipinski definition) is 3. The van der Waals surface area contributed by atoms with Crippen LogP contribution >= 0.6 is 0 Å². The number of benzene rings is 3. The number of aryl methyl sites for hydroxylation is 3. The maximum absolute atomic E-state index is 9.56. The van der Waals surface area contributed by atoms with Crippen LogP contribution in [-0.4, -0.2) is 9.97 Å². The van der Waals surface area contributed by atoms with E-state index in [2.05, 4.69) is 35.9 Å². The Balaban J connectivity index is 0.000000230. The standard InChI is InChI=1S/C31H34NO.C13H12N.Ir/c1-21-20-32-27(25-9-6-8-24-23-7-4-5-10-28(23)33-29(24)25)19-26(21)22-11-13-31(14-12-22)17-15-30(2,3)16-18-31;1-10-3-6-12(7-4-10)13-8-5-11(2)9-14-13;/h4-8,10,19-20,22H,11-18H2,1-3H3;3-6,8-9H,1-2H3;/q2*-1;/i1D3,22D;1D3,2D3;. The van der Waals surface area contributed by atoms with Crippen LogP contribution in [0, 0.1) is 43.5 Å². The van der Waals surface area contributed by atoms with Crippen LogP contribution in [0.15, 0.2) is 89.6 Å². The Morgan fingerprint density at radius 1 is 0.792 bits per heavy atom. The molecule has 3 aromatic heterocycles. The summed E-state index contributed by atoms with van der Waals surface area (Å²) in [5.74, 6) is -0.943. The molecule has 0 N–H and O–H groups in total. The second-order valence-electron chi connectivity index (χ2n) is 14.0. The summed E-state index contributed by atoms with van der Waals surface area (Å²) in [6.45, 7) is -1.95. The van der Waals surface area contributed by atoms with Gasteiger partial charge in [0.15, 0.2) is 0 Å². The fourth-order valence-electron chi connectivity index (χ4n) is 7.21. The summed E-state index contributed by atoms with van der Waals surface area (Å²) in [6.07, 6.45) is 11.0. The predicted octanol–water partition coefficient (Wildman–Crippen LogP) is 12.2. The van der Waals surface area contributed by atoms with Crippen LogP contribution in [0.2, 0.25) is 0 Å². The van der Waals surface area contributed by atoms with Gasteiger partial charge in [-0.3, -0.25) is 0 Å². The first-order valence-electron chi connectivity index (χ1n) is 21.5. The summed E-state index contributed by atoms with van der Waals surface area (Å²) in [5, 5.41) is 2.00. The zero-order valence-corrected chi connectivity index (χ0v) is 29.8. The summed E-state index contributed by atoms with van der Waals surface area (Å²) in [5.41, 5.74) is 5.85. The molecule has 3 nitrogen and oxygen atoms in total. The summed E-state index contributed by atoms with van der Waals surface area (Å²) in [7, 11) is 0. The summed E-state index contributed by atoms with van der Waals surface area (Å²) < 4.78 is 84.1. The second kappa shape index (κ2) is 14.1. The molecule has 2 fully saturated rings. The fraction of sp³-hybridized carbons (Fsp3) is 0.364. The molecule has 2 aliphatic rings. The molecule has 0 aliphatic heterocycles. The van der Waals surface area contributed by atoms with Crippen LogP contribution in [0.5, 0.6) is 0 Å². The molecule has 0 atom stereocenters. The van der Waals surface area contributed by atoms with E-state index in [9.17, 15) is 1.37 Å². The molecule has 249 valence electrons. The third kappa shape index (κ3) is 7.21. The van der Waals surface area contributed by atoms with E-state index in [0.717, 1.165) is 29.2 Å². The van der Waals surface area contributed by atoms with E-state index in [4.69, 9.17) is 16.8 Å². The van der Waals surface area contributed by atoms with Crippen LogP contribution < -0.4 is 0 Å². The van der Waals surface area contributed by atoms with Gasteiger partial charge in [0.2, 0.25) is 0 Å². The maximum Gasteiger partial charge on any atom is 0.120 e. The van der Waals surface area contributed by atoms with Crippen molar-refractivity contribution in [3.8, 4) is 22.5 Å². The van der Waals surface area contributed by atoms with E-state index in [1.807, 2.05) is 42.5 Å². The molecule has 6 aromatic rings. The number of fused-ring (bicyclic) bond motifs is 3.